The van der Waals surface area contributed by atoms with Gasteiger partial charge in [-0.25, -0.2) is 8.42 Å². The highest BCUT2D eigenvalue weighted by atomic mass is 32.2. The topological polar surface area (TPSA) is 86.8 Å². The van der Waals surface area contributed by atoms with Crippen LogP contribution in [0.2, 0.25) is 0 Å². The molecule has 3 aromatic carbocycles. The standard InChI is InChI=1S/C32H41N3O4S/c1-8-30(32(37)33-22(2)3)34(20-27-13-9-23(4)10-14-27)31(36)21-35(28-18-25(6)17-26(7)19-28)40(38,39)29-15-11-24(5)12-16-29/h9-19,22,30H,8,20-21H2,1-7H3,(H,33,37)/t30-/m1/s1. The lowest BCUT2D eigenvalue weighted by atomic mass is 10.1. The van der Waals surface area contributed by atoms with Crippen molar-refractivity contribution in [3.05, 3.63) is 94.5 Å². The maximum Gasteiger partial charge on any atom is 0.264 e. The summed E-state index contributed by atoms with van der Waals surface area (Å²) < 4.78 is 29.2. The molecule has 7 nitrogen and oxygen atoms in total. The van der Waals surface area contributed by atoms with Crippen LogP contribution in [0.15, 0.2) is 71.6 Å². The molecule has 0 unspecified atom stereocenters. The first kappa shape index (κ1) is 30.9. The van der Waals surface area contributed by atoms with Crippen LogP contribution in [0.3, 0.4) is 0 Å². The number of benzene rings is 3. The molecule has 0 bridgehead atoms. The molecule has 0 aliphatic carbocycles. The molecule has 2 amide bonds. The molecule has 8 heteroatoms. The summed E-state index contributed by atoms with van der Waals surface area (Å²) >= 11 is 0. The number of sulfonamides is 1. The van der Waals surface area contributed by atoms with Gasteiger partial charge >= 0.3 is 0 Å². The summed E-state index contributed by atoms with van der Waals surface area (Å²) in [5.41, 5.74) is 5.03. The van der Waals surface area contributed by atoms with Crippen LogP contribution in [0.25, 0.3) is 0 Å². The van der Waals surface area contributed by atoms with Gasteiger partial charge in [0.25, 0.3) is 10.0 Å². The van der Waals surface area contributed by atoms with Crippen molar-refractivity contribution >= 4 is 27.5 Å². The zero-order chi connectivity index (χ0) is 29.6. The van der Waals surface area contributed by atoms with Crippen LogP contribution < -0.4 is 9.62 Å². The van der Waals surface area contributed by atoms with E-state index in [2.05, 4.69) is 5.32 Å². The van der Waals surface area contributed by atoms with Crippen LogP contribution in [0.1, 0.15) is 55.0 Å². The van der Waals surface area contributed by atoms with E-state index >= 15 is 0 Å². The van der Waals surface area contributed by atoms with Gasteiger partial charge in [0.15, 0.2) is 0 Å². The lowest BCUT2D eigenvalue weighted by Gasteiger charge is -2.33. The summed E-state index contributed by atoms with van der Waals surface area (Å²) in [6.45, 7) is 13.0. The summed E-state index contributed by atoms with van der Waals surface area (Å²) in [5.74, 6) is -0.724. The fourth-order valence-corrected chi connectivity index (χ4v) is 6.05. The van der Waals surface area contributed by atoms with Gasteiger partial charge in [0.2, 0.25) is 11.8 Å². The summed E-state index contributed by atoms with van der Waals surface area (Å²) in [4.78, 5) is 29.0. The summed E-state index contributed by atoms with van der Waals surface area (Å²) in [5, 5.41) is 2.92. The van der Waals surface area contributed by atoms with E-state index in [4.69, 9.17) is 0 Å². The Kier molecular flexibility index (Phi) is 10.1. The Morgan fingerprint density at radius 1 is 0.800 bits per heavy atom. The predicted molar refractivity (Wildman–Crippen MR) is 161 cm³/mol. The third kappa shape index (κ3) is 7.72. The van der Waals surface area contributed by atoms with Crippen LogP contribution in [0, 0.1) is 27.7 Å². The van der Waals surface area contributed by atoms with E-state index in [0.29, 0.717) is 12.1 Å². The van der Waals surface area contributed by atoms with E-state index in [1.165, 1.54) is 4.90 Å². The number of carbonyl (C=O) groups is 2. The van der Waals surface area contributed by atoms with Gasteiger partial charge in [0.1, 0.15) is 12.6 Å². The highest BCUT2D eigenvalue weighted by Crippen LogP contribution is 2.27. The van der Waals surface area contributed by atoms with Gasteiger partial charge < -0.3 is 10.2 Å². The van der Waals surface area contributed by atoms with Crippen LogP contribution in [0.5, 0.6) is 0 Å². The quantitative estimate of drug-likeness (QED) is 0.336. The first-order chi connectivity index (χ1) is 18.8. The average Bonchev–Trinajstić information content (AvgIpc) is 2.87. The molecule has 3 rings (SSSR count). The Hall–Kier alpha value is -3.65. The lowest BCUT2D eigenvalue weighted by Crippen LogP contribution is -2.53. The van der Waals surface area contributed by atoms with Gasteiger partial charge in [-0.2, -0.15) is 0 Å². The molecular weight excluding hydrogens is 522 g/mol. The molecule has 0 saturated carbocycles. The monoisotopic (exact) mass is 563 g/mol. The number of hydrogen-bond donors (Lipinski definition) is 1. The van der Waals surface area contributed by atoms with Crippen LogP contribution in [-0.4, -0.2) is 43.8 Å². The van der Waals surface area contributed by atoms with Crippen molar-refractivity contribution in [2.45, 2.75) is 78.4 Å². The molecule has 0 radical (unpaired) electrons. The second-order valence-corrected chi connectivity index (χ2v) is 12.6. The van der Waals surface area contributed by atoms with E-state index in [0.717, 1.165) is 32.1 Å². The number of nitrogens with zero attached hydrogens (tertiary/aromatic N) is 2. The van der Waals surface area contributed by atoms with Gasteiger partial charge in [-0.1, -0.05) is 60.5 Å². The number of anilines is 1. The molecule has 1 N–H and O–H groups in total. The minimum absolute atomic E-state index is 0.0970. The van der Waals surface area contributed by atoms with Crippen molar-refractivity contribution in [3.8, 4) is 0 Å². The van der Waals surface area contributed by atoms with Crippen molar-refractivity contribution < 1.29 is 18.0 Å². The number of aryl methyl sites for hydroxylation is 4. The van der Waals surface area contributed by atoms with Gasteiger partial charge in [-0.15, -0.1) is 0 Å². The lowest BCUT2D eigenvalue weighted by molar-refractivity contribution is -0.140. The normalized spacial score (nSPS) is 12.2. The maximum atomic E-state index is 14.1. The van der Waals surface area contributed by atoms with Gasteiger partial charge in [0.05, 0.1) is 10.6 Å². The molecule has 3 aromatic rings. The molecule has 0 fully saturated rings. The summed E-state index contributed by atoms with van der Waals surface area (Å²) in [6, 6.07) is 19.0. The average molecular weight is 564 g/mol. The van der Waals surface area contributed by atoms with Crippen molar-refractivity contribution in [3.63, 3.8) is 0 Å². The van der Waals surface area contributed by atoms with E-state index in [9.17, 15) is 18.0 Å². The minimum atomic E-state index is -4.10. The molecule has 0 saturated heterocycles. The van der Waals surface area contributed by atoms with Crippen LogP contribution in [-0.2, 0) is 26.2 Å². The first-order valence-electron chi connectivity index (χ1n) is 13.6. The molecule has 0 heterocycles. The number of hydrogen-bond acceptors (Lipinski definition) is 4. The van der Waals surface area contributed by atoms with Gasteiger partial charge in [-0.05, 0) is 88.9 Å². The predicted octanol–water partition coefficient (Wildman–Crippen LogP) is 5.45. The van der Waals surface area contributed by atoms with Crippen molar-refractivity contribution in [2.24, 2.45) is 0 Å². The fraction of sp³-hybridized carbons (Fsp3) is 0.375. The van der Waals surface area contributed by atoms with E-state index in [1.54, 1.807) is 36.4 Å². The largest absolute Gasteiger partial charge is 0.352 e. The Labute approximate surface area is 239 Å². The van der Waals surface area contributed by atoms with Gasteiger partial charge in [0, 0.05) is 12.6 Å². The summed E-state index contributed by atoms with van der Waals surface area (Å²) in [7, 11) is -4.10. The highest BCUT2D eigenvalue weighted by molar-refractivity contribution is 7.92. The maximum absolute atomic E-state index is 14.1. The van der Waals surface area contributed by atoms with Crippen molar-refractivity contribution in [2.75, 3.05) is 10.8 Å². The second kappa shape index (κ2) is 13.1. The molecular formula is C32H41N3O4S. The molecule has 0 aliphatic rings. The van der Waals surface area contributed by atoms with E-state index in [-0.39, 0.29) is 23.4 Å². The number of amides is 2. The smallest absolute Gasteiger partial charge is 0.264 e. The summed E-state index contributed by atoms with van der Waals surface area (Å²) in [6.07, 6.45) is 0.379. The van der Waals surface area contributed by atoms with Crippen LogP contribution >= 0.6 is 0 Å². The second-order valence-electron chi connectivity index (χ2n) is 10.8. The fourth-order valence-electron chi connectivity index (χ4n) is 4.65. The Morgan fingerprint density at radius 3 is 1.82 bits per heavy atom. The Balaban J connectivity index is 2.09. The van der Waals surface area contributed by atoms with Crippen molar-refractivity contribution in [1.29, 1.82) is 0 Å². The van der Waals surface area contributed by atoms with E-state index < -0.39 is 28.5 Å². The molecule has 0 aliphatic heterocycles. The van der Waals surface area contributed by atoms with Crippen LogP contribution in [0.4, 0.5) is 5.69 Å². The number of nitrogens with one attached hydrogen (secondary N) is 1. The van der Waals surface area contributed by atoms with Crippen molar-refractivity contribution in [1.82, 2.24) is 10.2 Å². The molecule has 1 atom stereocenters. The zero-order valence-electron chi connectivity index (χ0n) is 24.6. The van der Waals surface area contributed by atoms with E-state index in [1.807, 2.05) is 78.8 Å². The molecule has 40 heavy (non-hydrogen) atoms. The van der Waals surface area contributed by atoms with Gasteiger partial charge in [-0.3, -0.25) is 13.9 Å². The Bertz CT molecular complexity index is 1410. The number of rotatable bonds is 11. The molecule has 214 valence electrons. The highest BCUT2D eigenvalue weighted by Gasteiger charge is 2.34. The Morgan fingerprint density at radius 2 is 1.32 bits per heavy atom. The molecule has 0 spiro atoms. The SMILES string of the molecule is CC[C@H](C(=O)NC(C)C)N(Cc1ccc(C)cc1)C(=O)CN(c1cc(C)cc(C)c1)S(=O)(=O)c1ccc(C)cc1. The number of carbonyl (C=O) groups excluding carboxylic acids is 2. The third-order valence-corrected chi connectivity index (χ3v) is 8.46. The molecule has 0 aromatic heterocycles. The first-order valence-corrected chi connectivity index (χ1v) is 15.1. The third-order valence-electron chi connectivity index (χ3n) is 6.67. The minimum Gasteiger partial charge on any atom is -0.352 e. The zero-order valence-corrected chi connectivity index (χ0v) is 25.4.